The van der Waals surface area contributed by atoms with Gasteiger partial charge in [0.2, 0.25) is 0 Å². The molecule has 5 heteroatoms. The number of para-hydroxylation sites is 2. The molecule has 1 aliphatic heterocycles. The fourth-order valence-electron chi connectivity index (χ4n) is 2.96. The number of nitrogens with zero attached hydrogens (tertiary/aromatic N) is 2. The molecule has 2 aromatic carbocycles. The minimum absolute atomic E-state index is 0.0796. The van der Waals surface area contributed by atoms with Crippen LogP contribution in [0.1, 0.15) is 22.9 Å². The summed E-state index contributed by atoms with van der Waals surface area (Å²) >= 11 is 0. The quantitative estimate of drug-likeness (QED) is 0.600. The van der Waals surface area contributed by atoms with E-state index in [0.717, 1.165) is 40.8 Å². The van der Waals surface area contributed by atoms with Crippen LogP contribution in [0.25, 0.3) is 11.0 Å². The van der Waals surface area contributed by atoms with Crippen LogP contribution in [0.4, 0.5) is 0 Å². The Kier molecular flexibility index (Phi) is 2.94. The van der Waals surface area contributed by atoms with Crippen molar-refractivity contribution < 1.29 is 10.2 Å². The number of benzene rings is 2. The fraction of sp³-hybridized carbons (Fsp3) is 0.176. The van der Waals surface area contributed by atoms with E-state index in [9.17, 15) is 10.2 Å². The van der Waals surface area contributed by atoms with Gasteiger partial charge in [0.1, 0.15) is 0 Å². The smallest absolute Gasteiger partial charge is 0.157 e. The van der Waals surface area contributed by atoms with Crippen molar-refractivity contribution in [2.24, 2.45) is 0 Å². The molecule has 4 rings (SSSR count). The molecule has 5 nitrogen and oxygen atoms in total. The van der Waals surface area contributed by atoms with E-state index in [-0.39, 0.29) is 17.5 Å². The van der Waals surface area contributed by atoms with Gasteiger partial charge in [-0.05, 0) is 41.8 Å². The second kappa shape index (κ2) is 4.96. The lowest BCUT2D eigenvalue weighted by atomic mass is 9.92. The van der Waals surface area contributed by atoms with Gasteiger partial charge in [0.15, 0.2) is 11.5 Å². The van der Waals surface area contributed by atoms with Crippen LogP contribution in [0.3, 0.4) is 0 Å². The Hall–Kier alpha value is -2.66. The summed E-state index contributed by atoms with van der Waals surface area (Å²) in [5.41, 5.74) is 4.47. The van der Waals surface area contributed by atoms with Crippen molar-refractivity contribution in [3.05, 3.63) is 59.4 Å². The van der Waals surface area contributed by atoms with E-state index < -0.39 is 0 Å². The van der Waals surface area contributed by atoms with Crippen LogP contribution < -0.4 is 5.32 Å². The second-order valence-electron chi connectivity index (χ2n) is 5.46. The van der Waals surface area contributed by atoms with E-state index >= 15 is 0 Å². The molecule has 0 bridgehead atoms. The molecule has 0 radical (unpaired) electrons. The number of nitrogens with one attached hydrogen (secondary N) is 1. The van der Waals surface area contributed by atoms with Crippen molar-refractivity contribution in [3.8, 4) is 11.5 Å². The molecule has 0 saturated carbocycles. The van der Waals surface area contributed by atoms with E-state index in [2.05, 4.69) is 15.3 Å². The van der Waals surface area contributed by atoms with Crippen molar-refractivity contribution >= 4 is 11.0 Å². The van der Waals surface area contributed by atoms with Crippen LogP contribution in [0, 0.1) is 0 Å². The van der Waals surface area contributed by atoms with Crippen LogP contribution in [-0.4, -0.2) is 26.7 Å². The summed E-state index contributed by atoms with van der Waals surface area (Å²) in [5, 5.41) is 22.9. The molecule has 1 aliphatic rings. The first kappa shape index (κ1) is 13.0. The first-order valence-electron chi connectivity index (χ1n) is 7.22. The number of fused-ring (bicyclic) bond motifs is 2. The van der Waals surface area contributed by atoms with E-state index in [4.69, 9.17) is 0 Å². The lowest BCUT2D eigenvalue weighted by Crippen LogP contribution is -2.31. The summed E-state index contributed by atoms with van der Waals surface area (Å²) in [5.74, 6) is -0.190. The van der Waals surface area contributed by atoms with Crippen molar-refractivity contribution in [2.45, 2.75) is 12.5 Å². The molecule has 0 spiro atoms. The first-order valence-corrected chi connectivity index (χ1v) is 7.22. The predicted molar refractivity (Wildman–Crippen MR) is 82.9 cm³/mol. The van der Waals surface area contributed by atoms with Gasteiger partial charge < -0.3 is 15.5 Å². The molecule has 1 unspecified atom stereocenters. The zero-order valence-electron chi connectivity index (χ0n) is 11.8. The van der Waals surface area contributed by atoms with E-state index in [1.807, 2.05) is 24.3 Å². The van der Waals surface area contributed by atoms with Crippen LogP contribution in [0.15, 0.2) is 42.6 Å². The third-order valence-corrected chi connectivity index (χ3v) is 4.05. The van der Waals surface area contributed by atoms with E-state index in [1.165, 1.54) is 0 Å². The van der Waals surface area contributed by atoms with Gasteiger partial charge in [-0.15, -0.1) is 0 Å². The molecule has 0 amide bonds. The maximum absolute atomic E-state index is 9.80. The van der Waals surface area contributed by atoms with Crippen LogP contribution in [0.5, 0.6) is 11.5 Å². The van der Waals surface area contributed by atoms with Gasteiger partial charge in [-0.2, -0.15) is 0 Å². The Morgan fingerprint density at radius 1 is 1.05 bits per heavy atom. The molecule has 2 heterocycles. The number of aromatic hydroxyl groups is 2. The van der Waals surface area contributed by atoms with Gasteiger partial charge in [0, 0.05) is 6.54 Å². The number of hydrogen-bond donors (Lipinski definition) is 3. The molecule has 22 heavy (non-hydrogen) atoms. The Labute approximate surface area is 127 Å². The summed E-state index contributed by atoms with van der Waals surface area (Å²) in [6.07, 6.45) is 2.57. The van der Waals surface area contributed by atoms with E-state index in [1.54, 1.807) is 18.3 Å². The summed E-state index contributed by atoms with van der Waals surface area (Å²) in [6.45, 7) is 0.788. The third-order valence-electron chi connectivity index (χ3n) is 4.05. The molecule has 3 N–H and O–H groups in total. The average molecular weight is 293 g/mol. The Morgan fingerprint density at radius 3 is 2.68 bits per heavy atom. The predicted octanol–water partition coefficient (Wildman–Crippen LogP) is 2.28. The standard InChI is InChI=1S/C17H15N3O2/c21-15-7-10-5-6-18-17(11(10)8-16(15)22)14-9-19-12-3-1-2-4-13(12)20-14/h1-4,7-9,17-18,21-22H,5-6H2. The Balaban J connectivity index is 1.84. The Bertz CT molecular complexity index is 864. The molecule has 0 saturated heterocycles. The molecule has 110 valence electrons. The van der Waals surface area contributed by atoms with Crippen LogP contribution in [-0.2, 0) is 6.42 Å². The van der Waals surface area contributed by atoms with Crippen LogP contribution in [0.2, 0.25) is 0 Å². The van der Waals surface area contributed by atoms with Crippen LogP contribution >= 0.6 is 0 Å². The lowest BCUT2D eigenvalue weighted by Gasteiger charge is -2.27. The molecule has 1 atom stereocenters. The van der Waals surface area contributed by atoms with Gasteiger partial charge in [0.05, 0.1) is 29.0 Å². The van der Waals surface area contributed by atoms with Crippen molar-refractivity contribution in [2.75, 3.05) is 6.54 Å². The lowest BCUT2D eigenvalue weighted by molar-refractivity contribution is 0.400. The summed E-state index contributed by atoms with van der Waals surface area (Å²) in [6, 6.07) is 10.8. The van der Waals surface area contributed by atoms with Crippen molar-refractivity contribution in [1.82, 2.24) is 15.3 Å². The average Bonchev–Trinajstić information content (AvgIpc) is 2.55. The maximum atomic E-state index is 9.80. The largest absolute Gasteiger partial charge is 0.504 e. The highest BCUT2D eigenvalue weighted by molar-refractivity contribution is 5.73. The molecule has 0 fully saturated rings. The number of aromatic nitrogens is 2. The molecular weight excluding hydrogens is 278 g/mol. The van der Waals surface area contributed by atoms with E-state index in [0.29, 0.717) is 0 Å². The van der Waals surface area contributed by atoms with Crippen molar-refractivity contribution in [3.63, 3.8) is 0 Å². The first-order chi connectivity index (χ1) is 10.7. The zero-order valence-corrected chi connectivity index (χ0v) is 11.8. The monoisotopic (exact) mass is 293 g/mol. The fourth-order valence-corrected chi connectivity index (χ4v) is 2.96. The number of phenols is 2. The summed E-state index contributed by atoms with van der Waals surface area (Å²) in [7, 11) is 0. The number of hydrogen-bond acceptors (Lipinski definition) is 5. The summed E-state index contributed by atoms with van der Waals surface area (Å²) < 4.78 is 0. The van der Waals surface area contributed by atoms with Gasteiger partial charge in [-0.1, -0.05) is 12.1 Å². The molecule has 1 aromatic heterocycles. The zero-order chi connectivity index (χ0) is 15.1. The molecule has 3 aromatic rings. The second-order valence-corrected chi connectivity index (χ2v) is 5.46. The van der Waals surface area contributed by atoms with Crippen molar-refractivity contribution in [1.29, 1.82) is 0 Å². The molecule has 0 aliphatic carbocycles. The van der Waals surface area contributed by atoms with Gasteiger partial charge in [0.25, 0.3) is 0 Å². The minimum atomic E-state index is -0.132. The minimum Gasteiger partial charge on any atom is -0.504 e. The maximum Gasteiger partial charge on any atom is 0.157 e. The number of rotatable bonds is 1. The Morgan fingerprint density at radius 2 is 1.82 bits per heavy atom. The normalized spacial score (nSPS) is 17.4. The topological polar surface area (TPSA) is 78.3 Å². The van der Waals surface area contributed by atoms with Gasteiger partial charge in [-0.3, -0.25) is 4.98 Å². The molecular formula is C17H15N3O2. The highest BCUT2D eigenvalue weighted by atomic mass is 16.3. The third kappa shape index (κ3) is 2.07. The highest BCUT2D eigenvalue weighted by Crippen LogP contribution is 2.35. The SMILES string of the molecule is Oc1cc2c(cc1O)C(c1cnc3ccccc3n1)NCC2. The highest BCUT2D eigenvalue weighted by Gasteiger charge is 2.24. The van der Waals surface area contributed by atoms with Gasteiger partial charge >= 0.3 is 0 Å². The number of phenolic OH excluding ortho intramolecular Hbond substituents is 2. The van der Waals surface area contributed by atoms with Gasteiger partial charge in [-0.25, -0.2) is 4.98 Å². The summed E-state index contributed by atoms with van der Waals surface area (Å²) in [4.78, 5) is 9.14.